The van der Waals surface area contributed by atoms with E-state index in [0.29, 0.717) is 18.4 Å². The van der Waals surface area contributed by atoms with Gasteiger partial charge in [0.15, 0.2) is 0 Å². The Morgan fingerprint density at radius 3 is 2.71 bits per heavy atom. The van der Waals surface area contributed by atoms with Crippen LogP contribution in [0.1, 0.15) is 12.0 Å². The molecule has 76 valence electrons. The van der Waals surface area contributed by atoms with Crippen LogP contribution >= 0.6 is 0 Å². The predicted octanol–water partition coefficient (Wildman–Crippen LogP) is 1.23. The molecule has 0 saturated heterocycles. The van der Waals surface area contributed by atoms with Crippen LogP contribution in [0, 0.1) is 10.1 Å². The molecule has 0 spiro atoms. The van der Waals surface area contributed by atoms with Crippen LogP contribution in [0.4, 0.5) is 5.69 Å². The van der Waals surface area contributed by atoms with Crippen molar-refractivity contribution in [2.75, 3.05) is 6.61 Å². The Labute approximate surface area is 80.8 Å². The third-order valence-electron chi connectivity index (χ3n) is 1.86. The first-order chi connectivity index (χ1) is 6.65. The molecule has 1 rings (SSSR count). The Morgan fingerprint density at radius 2 is 2.14 bits per heavy atom. The molecule has 0 unspecified atom stereocenters. The van der Waals surface area contributed by atoms with Gasteiger partial charge in [-0.1, -0.05) is 0 Å². The van der Waals surface area contributed by atoms with E-state index in [1.54, 1.807) is 0 Å². The summed E-state index contributed by atoms with van der Waals surface area (Å²) in [6.45, 7) is -0.0210. The minimum Gasteiger partial charge on any atom is -0.508 e. The van der Waals surface area contributed by atoms with Gasteiger partial charge in [-0.25, -0.2) is 0 Å². The third-order valence-corrected chi connectivity index (χ3v) is 1.86. The van der Waals surface area contributed by atoms with Crippen LogP contribution in [-0.4, -0.2) is 21.7 Å². The minimum atomic E-state index is -0.494. The number of hydrogen-bond acceptors (Lipinski definition) is 4. The van der Waals surface area contributed by atoms with E-state index >= 15 is 0 Å². The highest BCUT2D eigenvalue weighted by Crippen LogP contribution is 2.24. The summed E-state index contributed by atoms with van der Waals surface area (Å²) >= 11 is 0. The molecular formula is C9H11NO4. The van der Waals surface area contributed by atoms with Crippen molar-refractivity contribution in [2.45, 2.75) is 12.8 Å². The molecule has 14 heavy (non-hydrogen) atoms. The fourth-order valence-corrected chi connectivity index (χ4v) is 1.22. The fraction of sp³-hybridized carbons (Fsp3) is 0.333. The highest BCUT2D eigenvalue weighted by Gasteiger charge is 2.13. The zero-order valence-electron chi connectivity index (χ0n) is 7.51. The van der Waals surface area contributed by atoms with Gasteiger partial charge < -0.3 is 10.2 Å². The maximum atomic E-state index is 10.6. The normalized spacial score (nSPS) is 10.1. The first-order valence-corrected chi connectivity index (χ1v) is 4.22. The SMILES string of the molecule is O=[N+]([O-])c1ccc(O)cc1CCCO. The predicted molar refractivity (Wildman–Crippen MR) is 50.2 cm³/mol. The average molecular weight is 197 g/mol. The molecule has 5 nitrogen and oxygen atoms in total. The summed E-state index contributed by atoms with van der Waals surface area (Å²) < 4.78 is 0. The van der Waals surface area contributed by atoms with E-state index < -0.39 is 4.92 Å². The lowest BCUT2D eigenvalue weighted by molar-refractivity contribution is -0.385. The Kier molecular flexibility index (Phi) is 3.41. The van der Waals surface area contributed by atoms with Crippen LogP contribution in [0.3, 0.4) is 0 Å². The molecule has 0 radical (unpaired) electrons. The van der Waals surface area contributed by atoms with E-state index in [1.165, 1.54) is 18.2 Å². The second-order valence-corrected chi connectivity index (χ2v) is 2.90. The second kappa shape index (κ2) is 4.57. The lowest BCUT2D eigenvalue weighted by atomic mass is 10.1. The standard InChI is InChI=1S/C9H11NO4/c11-5-1-2-7-6-8(12)3-4-9(7)10(13)14/h3-4,6,11-12H,1-2,5H2. The average Bonchev–Trinajstić information content (AvgIpc) is 2.14. The van der Waals surface area contributed by atoms with Crippen molar-refractivity contribution in [3.8, 4) is 5.75 Å². The first-order valence-electron chi connectivity index (χ1n) is 4.22. The number of nitro benzene ring substituents is 1. The summed E-state index contributed by atoms with van der Waals surface area (Å²) in [5.74, 6) is 0.00328. The van der Waals surface area contributed by atoms with Crippen LogP contribution < -0.4 is 0 Å². The van der Waals surface area contributed by atoms with E-state index in [0.717, 1.165) is 0 Å². The van der Waals surface area contributed by atoms with Crippen LogP contribution in [0.5, 0.6) is 5.75 Å². The molecule has 0 aromatic heterocycles. The topological polar surface area (TPSA) is 83.6 Å². The Hall–Kier alpha value is -1.62. The number of phenolic OH excluding ortho intramolecular Hbond substituents is 1. The van der Waals surface area contributed by atoms with Crippen molar-refractivity contribution in [1.29, 1.82) is 0 Å². The quantitative estimate of drug-likeness (QED) is 0.561. The number of aliphatic hydroxyl groups excluding tert-OH is 1. The van der Waals surface area contributed by atoms with Gasteiger partial charge in [-0.2, -0.15) is 0 Å². The van der Waals surface area contributed by atoms with Crippen molar-refractivity contribution < 1.29 is 15.1 Å². The maximum absolute atomic E-state index is 10.6. The lowest BCUT2D eigenvalue weighted by Gasteiger charge is -2.02. The van der Waals surface area contributed by atoms with Crippen LogP contribution in [0.15, 0.2) is 18.2 Å². The van der Waals surface area contributed by atoms with Gasteiger partial charge in [0.1, 0.15) is 5.75 Å². The van der Waals surface area contributed by atoms with Gasteiger partial charge in [0.05, 0.1) is 4.92 Å². The number of nitro groups is 1. The Morgan fingerprint density at radius 1 is 1.43 bits per heavy atom. The number of aliphatic hydroxyl groups is 1. The molecular weight excluding hydrogens is 186 g/mol. The van der Waals surface area contributed by atoms with Crippen molar-refractivity contribution in [3.63, 3.8) is 0 Å². The van der Waals surface area contributed by atoms with Gasteiger partial charge in [0, 0.05) is 18.2 Å². The molecule has 0 saturated carbocycles. The van der Waals surface area contributed by atoms with Gasteiger partial charge in [-0.3, -0.25) is 10.1 Å². The van der Waals surface area contributed by atoms with Crippen LogP contribution in [0.25, 0.3) is 0 Å². The van der Waals surface area contributed by atoms with Crippen molar-refractivity contribution in [2.24, 2.45) is 0 Å². The summed E-state index contributed by atoms with van der Waals surface area (Å²) in [7, 11) is 0. The smallest absolute Gasteiger partial charge is 0.272 e. The summed E-state index contributed by atoms with van der Waals surface area (Å²) in [5, 5.41) is 28.3. The molecule has 0 fully saturated rings. The molecule has 5 heteroatoms. The number of aromatic hydroxyl groups is 1. The molecule has 2 N–H and O–H groups in total. The van der Waals surface area contributed by atoms with E-state index in [4.69, 9.17) is 10.2 Å². The molecule has 0 heterocycles. The molecule has 0 atom stereocenters. The summed E-state index contributed by atoms with van der Waals surface area (Å²) in [6.07, 6.45) is 0.839. The van der Waals surface area contributed by atoms with Crippen LogP contribution in [-0.2, 0) is 6.42 Å². The molecule has 0 aliphatic heterocycles. The lowest BCUT2D eigenvalue weighted by Crippen LogP contribution is -1.96. The largest absolute Gasteiger partial charge is 0.508 e. The van der Waals surface area contributed by atoms with Crippen molar-refractivity contribution in [3.05, 3.63) is 33.9 Å². The molecule has 0 aliphatic carbocycles. The summed E-state index contributed by atoms with van der Waals surface area (Å²) in [6, 6.07) is 3.90. The van der Waals surface area contributed by atoms with E-state index in [9.17, 15) is 10.1 Å². The summed E-state index contributed by atoms with van der Waals surface area (Å²) in [5.41, 5.74) is 0.431. The van der Waals surface area contributed by atoms with Gasteiger partial charge in [-0.15, -0.1) is 0 Å². The van der Waals surface area contributed by atoms with Gasteiger partial charge in [0.2, 0.25) is 0 Å². The fourth-order valence-electron chi connectivity index (χ4n) is 1.22. The van der Waals surface area contributed by atoms with E-state index in [-0.39, 0.29) is 18.0 Å². The second-order valence-electron chi connectivity index (χ2n) is 2.90. The minimum absolute atomic E-state index is 0.00328. The third kappa shape index (κ3) is 2.43. The number of nitrogens with zero attached hydrogens (tertiary/aromatic N) is 1. The zero-order chi connectivity index (χ0) is 10.6. The Balaban J connectivity index is 2.97. The number of rotatable bonds is 4. The monoisotopic (exact) mass is 197 g/mol. The molecule has 1 aromatic rings. The highest BCUT2D eigenvalue weighted by atomic mass is 16.6. The van der Waals surface area contributed by atoms with Crippen molar-refractivity contribution >= 4 is 5.69 Å². The van der Waals surface area contributed by atoms with Gasteiger partial charge in [-0.05, 0) is 25.0 Å². The Bertz CT molecular complexity index is 338. The maximum Gasteiger partial charge on any atom is 0.272 e. The summed E-state index contributed by atoms with van der Waals surface area (Å²) in [4.78, 5) is 10.1. The van der Waals surface area contributed by atoms with Crippen molar-refractivity contribution in [1.82, 2.24) is 0 Å². The number of aryl methyl sites for hydroxylation is 1. The van der Waals surface area contributed by atoms with Gasteiger partial charge in [0.25, 0.3) is 5.69 Å². The van der Waals surface area contributed by atoms with Crippen LogP contribution in [0.2, 0.25) is 0 Å². The number of benzene rings is 1. The highest BCUT2D eigenvalue weighted by molar-refractivity contribution is 5.44. The van der Waals surface area contributed by atoms with E-state index in [1.807, 2.05) is 0 Å². The molecule has 1 aromatic carbocycles. The van der Waals surface area contributed by atoms with Gasteiger partial charge >= 0.3 is 0 Å². The zero-order valence-corrected chi connectivity index (χ0v) is 7.51. The number of phenols is 1. The molecule has 0 bridgehead atoms. The molecule has 0 aliphatic rings. The first kappa shape index (κ1) is 10.5. The van der Waals surface area contributed by atoms with E-state index in [2.05, 4.69) is 0 Å². The molecule has 0 amide bonds. The number of hydrogen-bond donors (Lipinski definition) is 2.